The number of ether oxygens (including phenoxy) is 1. The second-order valence-electron chi connectivity index (χ2n) is 9.03. The standard InChI is InChI=1S/C22H33F3N4O2.HI/c1-14(2)19(30)29-10-9-16(13-29)28-20(26-6)27-12-15-7-8-17(31-21(3,4)5)11-18(15)22(23,24)25;/h7-8,11,14,16H,9-10,12-13H2,1-6H3,(H2,26,27,28);1H. The molecule has 0 aliphatic carbocycles. The lowest BCUT2D eigenvalue weighted by molar-refractivity contribution is -0.138. The highest BCUT2D eigenvalue weighted by Gasteiger charge is 2.34. The first-order valence-electron chi connectivity index (χ1n) is 10.4. The van der Waals surface area contributed by atoms with Crippen molar-refractivity contribution in [2.75, 3.05) is 20.1 Å². The van der Waals surface area contributed by atoms with Crippen LogP contribution in [0, 0.1) is 5.92 Å². The van der Waals surface area contributed by atoms with Gasteiger partial charge in [-0.2, -0.15) is 13.2 Å². The molecule has 1 saturated heterocycles. The monoisotopic (exact) mass is 570 g/mol. The van der Waals surface area contributed by atoms with Crippen LogP contribution in [0.5, 0.6) is 5.75 Å². The molecule has 32 heavy (non-hydrogen) atoms. The number of guanidine groups is 1. The maximum absolute atomic E-state index is 13.6. The molecule has 182 valence electrons. The van der Waals surface area contributed by atoms with Gasteiger partial charge in [0.2, 0.25) is 5.91 Å². The van der Waals surface area contributed by atoms with E-state index in [1.165, 1.54) is 6.07 Å². The molecule has 10 heteroatoms. The highest BCUT2D eigenvalue weighted by Crippen LogP contribution is 2.35. The fourth-order valence-electron chi connectivity index (χ4n) is 3.40. The number of carbonyl (C=O) groups is 1. The van der Waals surface area contributed by atoms with Gasteiger partial charge in [0.1, 0.15) is 11.4 Å². The van der Waals surface area contributed by atoms with E-state index in [2.05, 4.69) is 15.6 Å². The zero-order valence-electron chi connectivity index (χ0n) is 19.5. The lowest BCUT2D eigenvalue weighted by atomic mass is 10.1. The van der Waals surface area contributed by atoms with E-state index in [0.29, 0.717) is 19.0 Å². The van der Waals surface area contributed by atoms with Crippen LogP contribution in [-0.2, 0) is 17.5 Å². The molecule has 0 saturated carbocycles. The summed E-state index contributed by atoms with van der Waals surface area (Å²) in [4.78, 5) is 18.0. The first-order chi connectivity index (χ1) is 14.3. The second kappa shape index (κ2) is 11.4. The predicted molar refractivity (Wildman–Crippen MR) is 130 cm³/mol. The Hall–Kier alpha value is -1.72. The minimum Gasteiger partial charge on any atom is -0.488 e. The Labute approximate surface area is 205 Å². The zero-order chi connectivity index (χ0) is 23.4. The second-order valence-corrected chi connectivity index (χ2v) is 9.03. The Morgan fingerprint density at radius 2 is 1.94 bits per heavy atom. The summed E-state index contributed by atoms with van der Waals surface area (Å²) in [5.41, 5.74) is -1.24. The first-order valence-corrected chi connectivity index (χ1v) is 10.4. The Kier molecular flexibility index (Phi) is 10.1. The average Bonchev–Trinajstić information content (AvgIpc) is 3.11. The number of nitrogens with zero attached hydrogens (tertiary/aromatic N) is 2. The van der Waals surface area contributed by atoms with Crippen molar-refractivity contribution >= 4 is 35.8 Å². The van der Waals surface area contributed by atoms with E-state index in [-0.39, 0.29) is 59.7 Å². The normalized spacial score (nSPS) is 17.2. The molecular formula is C22H34F3IN4O2. The number of carbonyl (C=O) groups excluding carboxylic acids is 1. The minimum absolute atomic E-state index is 0. The molecule has 2 rings (SSSR count). The van der Waals surface area contributed by atoms with E-state index >= 15 is 0 Å². The smallest absolute Gasteiger partial charge is 0.416 e. The van der Waals surface area contributed by atoms with Crippen molar-refractivity contribution in [2.24, 2.45) is 10.9 Å². The van der Waals surface area contributed by atoms with Gasteiger partial charge >= 0.3 is 6.18 Å². The van der Waals surface area contributed by atoms with Gasteiger partial charge in [0.05, 0.1) is 5.56 Å². The molecule has 1 unspecified atom stereocenters. The van der Waals surface area contributed by atoms with E-state index in [4.69, 9.17) is 4.74 Å². The number of likely N-dealkylation sites (tertiary alicyclic amines) is 1. The van der Waals surface area contributed by atoms with E-state index in [1.54, 1.807) is 38.8 Å². The van der Waals surface area contributed by atoms with Crippen LogP contribution in [0.25, 0.3) is 0 Å². The molecule has 1 aromatic rings. The maximum Gasteiger partial charge on any atom is 0.416 e. The fraction of sp³-hybridized carbons (Fsp3) is 0.636. The number of alkyl halides is 3. The van der Waals surface area contributed by atoms with Crippen LogP contribution in [0.15, 0.2) is 23.2 Å². The molecule has 2 N–H and O–H groups in total. The van der Waals surface area contributed by atoms with Gasteiger partial charge in [-0.1, -0.05) is 19.9 Å². The lowest BCUT2D eigenvalue weighted by Gasteiger charge is -2.23. The van der Waals surface area contributed by atoms with Crippen molar-refractivity contribution in [1.82, 2.24) is 15.5 Å². The van der Waals surface area contributed by atoms with E-state index in [0.717, 1.165) is 12.5 Å². The van der Waals surface area contributed by atoms with Gasteiger partial charge in [-0.05, 0) is 44.9 Å². The molecule has 0 bridgehead atoms. The third-order valence-corrected chi connectivity index (χ3v) is 4.82. The van der Waals surface area contributed by atoms with E-state index in [1.807, 2.05) is 13.8 Å². The van der Waals surface area contributed by atoms with Crippen LogP contribution in [0.3, 0.4) is 0 Å². The fourth-order valence-corrected chi connectivity index (χ4v) is 3.40. The van der Waals surface area contributed by atoms with Gasteiger partial charge in [0.15, 0.2) is 5.96 Å². The van der Waals surface area contributed by atoms with Gasteiger partial charge in [-0.3, -0.25) is 9.79 Å². The molecule has 0 spiro atoms. The molecule has 1 aliphatic heterocycles. The van der Waals surface area contributed by atoms with E-state index in [9.17, 15) is 18.0 Å². The third kappa shape index (κ3) is 8.32. The Morgan fingerprint density at radius 1 is 1.28 bits per heavy atom. The van der Waals surface area contributed by atoms with Crippen molar-refractivity contribution in [1.29, 1.82) is 0 Å². The summed E-state index contributed by atoms with van der Waals surface area (Å²) < 4.78 is 46.4. The SMILES string of the molecule is CN=C(NCc1ccc(OC(C)(C)C)cc1C(F)(F)F)NC1CCN(C(=O)C(C)C)C1.I. The molecule has 1 atom stereocenters. The van der Waals surface area contributed by atoms with Crippen LogP contribution < -0.4 is 15.4 Å². The summed E-state index contributed by atoms with van der Waals surface area (Å²) in [6.45, 7) is 10.2. The van der Waals surface area contributed by atoms with E-state index < -0.39 is 17.3 Å². The molecule has 1 heterocycles. The van der Waals surface area contributed by atoms with Crippen molar-refractivity contribution in [3.05, 3.63) is 29.3 Å². The highest BCUT2D eigenvalue weighted by atomic mass is 127. The molecule has 6 nitrogen and oxygen atoms in total. The lowest BCUT2D eigenvalue weighted by Crippen LogP contribution is -2.45. The number of halogens is 4. The largest absolute Gasteiger partial charge is 0.488 e. The van der Waals surface area contributed by atoms with Crippen LogP contribution in [0.1, 0.15) is 52.2 Å². The molecule has 0 aromatic heterocycles. The predicted octanol–water partition coefficient (Wildman–Crippen LogP) is 4.42. The molecule has 1 amide bonds. The summed E-state index contributed by atoms with van der Waals surface area (Å²) in [5.74, 6) is 0.598. The van der Waals surface area contributed by atoms with Gasteiger partial charge in [0, 0.05) is 38.6 Å². The van der Waals surface area contributed by atoms with Crippen LogP contribution in [-0.4, -0.2) is 48.5 Å². The minimum atomic E-state index is -4.51. The number of hydrogen-bond acceptors (Lipinski definition) is 3. The Bertz CT molecular complexity index is 807. The summed E-state index contributed by atoms with van der Waals surface area (Å²) in [6.07, 6.45) is -3.75. The average molecular weight is 570 g/mol. The molecular weight excluding hydrogens is 536 g/mol. The Balaban J connectivity index is 0.00000512. The van der Waals surface area contributed by atoms with Crippen LogP contribution in [0.4, 0.5) is 13.2 Å². The number of hydrogen-bond donors (Lipinski definition) is 2. The van der Waals surface area contributed by atoms with Gasteiger partial charge in [-0.25, -0.2) is 0 Å². The number of nitrogens with one attached hydrogen (secondary N) is 2. The van der Waals surface area contributed by atoms with Gasteiger partial charge in [0.25, 0.3) is 0 Å². The summed E-state index contributed by atoms with van der Waals surface area (Å²) in [6, 6.07) is 3.99. The number of amides is 1. The highest BCUT2D eigenvalue weighted by molar-refractivity contribution is 14.0. The van der Waals surface area contributed by atoms with Crippen molar-refractivity contribution in [2.45, 2.75) is 65.4 Å². The van der Waals surface area contributed by atoms with Crippen molar-refractivity contribution < 1.29 is 22.7 Å². The van der Waals surface area contributed by atoms with Gasteiger partial charge in [-0.15, -0.1) is 24.0 Å². The molecule has 1 fully saturated rings. The summed E-state index contributed by atoms with van der Waals surface area (Å²) in [7, 11) is 1.56. The first kappa shape index (κ1) is 28.3. The quantitative estimate of drug-likeness (QED) is 0.313. The summed E-state index contributed by atoms with van der Waals surface area (Å²) in [5, 5.41) is 6.15. The number of aliphatic imine (C=N–C) groups is 1. The van der Waals surface area contributed by atoms with Crippen LogP contribution >= 0.6 is 24.0 Å². The van der Waals surface area contributed by atoms with Crippen LogP contribution in [0.2, 0.25) is 0 Å². The molecule has 0 radical (unpaired) electrons. The summed E-state index contributed by atoms with van der Waals surface area (Å²) >= 11 is 0. The Morgan fingerprint density at radius 3 is 2.47 bits per heavy atom. The number of rotatable bonds is 5. The third-order valence-electron chi connectivity index (χ3n) is 4.82. The van der Waals surface area contributed by atoms with Crippen molar-refractivity contribution in [3.63, 3.8) is 0 Å². The topological polar surface area (TPSA) is 66.0 Å². The number of benzene rings is 1. The molecule has 1 aliphatic rings. The zero-order valence-corrected chi connectivity index (χ0v) is 21.8. The molecule has 1 aromatic carbocycles. The van der Waals surface area contributed by atoms with Crippen molar-refractivity contribution in [3.8, 4) is 5.75 Å². The maximum atomic E-state index is 13.6. The van der Waals surface area contributed by atoms with Gasteiger partial charge < -0.3 is 20.3 Å².